The maximum Gasteiger partial charge on any atom is 0.327 e. The van der Waals surface area contributed by atoms with Gasteiger partial charge >= 0.3 is 8.60 Å². The summed E-state index contributed by atoms with van der Waals surface area (Å²) >= 11 is 0. The molecule has 2 N–H and O–H groups in total. The van der Waals surface area contributed by atoms with E-state index in [1.807, 2.05) is 48.5 Å². The van der Waals surface area contributed by atoms with Crippen LogP contribution >= 0.6 is 8.60 Å². The van der Waals surface area contributed by atoms with E-state index in [0.717, 1.165) is 24.8 Å². The molecule has 3 nitrogen and oxygen atoms in total. The first kappa shape index (κ1) is 15.1. The number of rotatable bonds is 7. The fraction of sp³-hybridized carbons (Fsp3) is 0.250. The number of benzene rings is 2. The van der Waals surface area contributed by atoms with Crippen LogP contribution in [0, 0.1) is 0 Å². The Morgan fingerprint density at radius 2 is 1.50 bits per heavy atom. The lowest BCUT2D eigenvalue weighted by Gasteiger charge is -2.18. The molecule has 0 spiro atoms. The second-order valence-electron chi connectivity index (χ2n) is 4.64. The summed E-state index contributed by atoms with van der Waals surface area (Å²) in [7, 11) is -2.33. The summed E-state index contributed by atoms with van der Waals surface area (Å²) in [4.78, 5) is 18.2. The minimum Gasteiger partial charge on any atom is -0.328 e. The van der Waals surface area contributed by atoms with Gasteiger partial charge in [0.05, 0.1) is 6.10 Å². The molecule has 0 saturated carbocycles. The molecule has 0 saturated heterocycles. The van der Waals surface area contributed by atoms with Crippen molar-refractivity contribution >= 4 is 8.60 Å². The van der Waals surface area contributed by atoms with Crippen molar-refractivity contribution in [2.24, 2.45) is 0 Å². The van der Waals surface area contributed by atoms with Gasteiger partial charge in [0.2, 0.25) is 0 Å². The van der Waals surface area contributed by atoms with Gasteiger partial charge in [0.25, 0.3) is 0 Å². The monoisotopic (exact) mass is 290 g/mol. The first-order valence-corrected chi connectivity index (χ1v) is 7.86. The van der Waals surface area contributed by atoms with Gasteiger partial charge in [-0.15, -0.1) is 0 Å². The molecule has 20 heavy (non-hydrogen) atoms. The van der Waals surface area contributed by atoms with Crippen molar-refractivity contribution in [3.63, 3.8) is 0 Å². The van der Waals surface area contributed by atoms with Crippen LogP contribution in [0.2, 0.25) is 0 Å². The van der Waals surface area contributed by atoms with E-state index in [9.17, 15) is 0 Å². The highest BCUT2D eigenvalue weighted by Gasteiger charge is 2.15. The molecule has 1 unspecified atom stereocenters. The van der Waals surface area contributed by atoms with Crippen LogP contribution < -0.4 is 0 Å². The predicted molar refractivity (Wildman–Crippen MR) is 81.0 cm³/mol. The molecule has 0 fully saturated rings. The predicted octanol–water partition coefficient (Wildman–Crippen LogP) is 3.98. The van der Waals surface area contributed by atoms with Gasteiger partial charge < -0.3 is 14.3 Å². The molecule has 0 heterocycles. The zero-order chi connectivity index (χ0) is 14.2. The second kappa shape index (κ2) is 8.13. The largest absolute Gasteiger partial charge is 0.328 e. The summed E-state index contributed by atoms with van der Waals surface area (Å²) in [6.07, 6.45) is 2.40. The van der Waals surface area contributed by atoms with E-state index in [1.165, 1.54) is 5.56 Å². The fourth-order valence-electron chi connectivity index (χ4n) is 2.20. The van der Waals surface area contributed by atoms with Gasteiger partial charge in [0.15, 0.2) is 0 Å². The average Bonchev–Trinajstić information content (AvgIpc) is 2.48. The van der Waals surface area contributed by atoms with Gasteiger partial charge in [-0.2, -0.15) is 0 Å². The van der Waals surface area contributed by atoms with Crippen LogP contribution in [0.4, 0.5) is 0 Å². The summed E-state index contributed by atoms with van der Waals surface area (Å²) in [5, 5.41) is 0. The Kier molecular flexibility index (Phi) is 6.16. The summed E-state index contributed by atoms with van der Waals surface area (Å²) in [6.45, 7) is 0. The first-order chi connectivity index (χ1) is 9.75. The van der Waals surface area contributed by atoms with Crippen molar-refractivity contribution < 1.29 is 14.3 Å². The molecule has 0 aromatic heterocycles. The lowest BCUT2D eigenvalue weighted by Crippen LogP contribution is -2.02. The quantitative estimate of drug-likeness (QED) is 0.758. The Morgan fingerprint density at radius 1 is 0.900 bits per heavy atom. The van der Waals surface area contributed by atoms with Crippen molar-refractivity contribution in [3.8, 4) is 0 Å². The highest BCUT2D eigenvalue weighted by atomic mass is 31.2. The Labute approximate surface area is 120 Å². The van der Waals surface area contributed by atoms with Crippen molar-refractivity contribution in [3.05, 3.63) is 71.8 Å². The summed E-state index contributed by atoms with van der Waals surface area (Å²) in [6, 6.07) is 20.0. The van der Waals surface area contributed by atoms with Gasteiger partial charge in [-0.05, 0) is 30.4 Å². The third kappa shape index (κ3) is 5.03. The van der Waals surface area contributed by atoms with Crippen LogP contribution in [-0.4, -0.2) is 9.79 Å². The number of hydrogen-bond acceptors (Lipinski definition) is 3. The Bertz CT molecular complexity index is 488. The van der Waals surface area contributed by atoms with Gasteiger partial charge in [0, 0.05) is 0 Å². The molecule has 0 aliphatic rings. The molecule has 0 radical (unpaired) electrons. The summed E-state index contributed by atoms with van der Waals surface area (Å²) < 4.78 is 5.25. The van der Waals surface area contributed by atoms with E-state index in [0.29, 0.717) is 0 Å². The minimum absolute atomic E-state index is 0.263. The molecule has 2 aromatic rings. The molecule has 2 rings (SSSR count). The Morgan fingerprint density at radius 3 is 2.10 bits per heavy atom. The van der Waals surface area contributed by atoms with Crippen molar-refractivity contribution in [2.75, 3.05) is 0 Å². The Hall–Kier alpha value is -1.25. The SMILES string of the molecule is OP(O)OC(CCCc1ccccc1)c1ccccc1. The van der Waals surface area contributed by atoms with E-state index in [2.05, 4.69) is 12.1 Å². The highest BCUT2D eigenvalue weighted by molar-refractivity contribution is 7.39. The minimum atomic E-state index is -2.33. The number of aryl methyl sites for hydroxylation is 1. The average molecular weight is 290 g/mol. The van der Waals surface area contributed by atoms with Gasteiger partial charge in [-0.3, -0.25) is 0 Å². The highest BCUT2D eigenvalue weighted by Crippen LogP contribution is 2.36. The van der Waals surface area contributed by atoms with Gasteiger partial charge in [0.1, 0.15) is 0 Å². The molecular formula is C16H19O3P. The van der Waals surface area contributed by atoms with Crippen molar-refractivity contribution in [1.82, 2.24) is 0 Å². The smallest absolute Gasteiger partial charge is 0.327 e. The van der Waals surface area contributed by atoms with Crippen LogP contribution in [0.5, 0.6) is 0 Å². The zero-order valence-electron chi connectivity index (χ0n) is 11.2. The van der Waals surface area contributed by atoms with Crippen LogP contribution in [0.1, 0.15) is 30.1 Å². The van der Waals surface area contributed by atoms with Crippen LogP contribution in [-0.2, 0) is 10.9 Å². The van der Waals surface area contributed by atoms with E-state index >= 15 is 0 Å². The first-order valence-electron chi connectivity index (χ1n) is 6.69. The van der Waals surface area contributed by atoms with E-state index in [1.54, 1.807) is 0 Å². The normalized spacial score (nSPS) is 12.6. The molecule has 4 heteroatoms. The van der Waals surface area contributed by atoms with Gasteiger partial charge in [-0.25, -0.2) is 0 Å². The maximum atomic E-state index is 9.10. The van der Waals surface area contributed by atoms with E-state index in [4.69, 9.17) is 14.3 Å². The van der Waals surface area contributed by atoms with Crippen LogP contribution in [0.25, 0.3) is 0 Å². The molecule has 1 atom stereocenters. The third-order valence-corrected chi connectivity index (χ3v) is 3.61. The molecule has 106 valence electrons. The van der Waals surface area contributed by atoms with E-state index < -0.39 is 8.60 Å². The zero-order valence-corrected chi connectivity index (χ0v) is 12.1. The molecule has 0 aliphatic carbocycles. The Balaban J connectivity index is 1.91. The molecule has 2 aromatic carbocycles. The molecular weight excluding hydrogens is 271 g/mol. The molecule has 0 amide bonds. The lowest BCUT2D eigenvalue weighted by atomic mass is 10.0. The van der Waals surface area contributed by atoms with Crippen molar-refractivity contribution in [2.45, 2.75) is 25.4 Å². The van der Waals surface area contributed by atoms with Crippen LogP contribution in [0.3, 0.4) is 0 Å². The lowest BCUT2D eigenvalue weighted by molar-refractivity contribution is 0.162. The molecule has 0 aliphatic heterocycles. The third-order valence-electron chi connectivity index (χ3n) is 3.17. The maximum absolute atomic E-state index is 9.10. The topological polar surface area (TPSA) is 49.7 Å². The second-order valence-corrected chi connectivity index (χ2v) is 5.35. The van der Waals surface area contributed by atoms with Crippen molar-refractivity contribution in [1.29, 1.82) is 0 Å². The van der Waals surface area contributed by atoms with Crippen LogP contribution in [0.15, 0.2) is 60.7 Å². The fourth-order valence-corrected chi connectivity index (χ4v) is 2.65. The standard InChI is InChI=1S/C16H19O3P/c17-20(18)19-16(15-11-5-2-6-12-15)13-7-10-14-8-3-1-4-9-14/h1-6,8-9,11-12,16-18H,7,10,13H2. The van der Waals surface area contributed by atoms with Gasteiger partial charge in [-0.1, -0.05) is 60.7 Å². The summed E-state index contributed by atoms with van der Waals surface area (Å²) in [5.74, 6) is 0. The number of hydrogen-bond donors (Lipinski definition) is 2. The molecule has 0 bridgehead atoms. The summed E-state index contributed by atoms with van der Waals surface area (Å²) in [5.41, 5.74) is 2.27. The van der Waals surface area contributed by atoms with E-state index in [-0.39, 0.29) is 6.10 Å².